The number of methoxy groups -OCH3 is 1. The van der Waals surface area contributed by atoms with Crippen LogP contribution in [-0.2, 0) is 9.47 Å². The van der Waals surface area contributed by atoms with Crippen LogP contribution in [0.2, 0.25) is 0 Å². The maximum atomic E-state index is 11.7. The maximum absolute atomic E-state index is 11.7. The normalized spacial score (nSPS) is 12.7. The standard InChI is InChI=1S/C13H20N2O5/c1-6-8(15-12(17)20-13(2,3)4)10-14-9(7-19-10)11(16)18-5/h7-8H,6H2,1-5H3,(H,15,17)/t8-/m1/s1. The average Bonchev–Trinajstić information content (AvgIpc) is 2.82. The maximum Gasteiger partial charge on any atom is 0.408 e. The van der Waals surface area contributed by atoms with Gasteiger partial charge in [-0.2, -0.15) is 0 Å². The number of hydrogen-bond acceptors (Lipinski definition) is 6. The number of rotatable bonds is 4. The number of carbonyl (C=O) groups is 2. The highest BCUT2D eigenvalue weighted by molar-refractivity contribution is 5.86. The molecule has 0 bridgehead atoms. The Morgan fingerprint density at radius 3 is 2.60 bits per heavy atom. The van der Waals surface area contributed by atoms with E-state index < -0.39 is 23.7 Å². The summed E-state index contributed by atoms with van der Waals surface area (Å²) in [7, 11) is 1.26. The number of amides is 1. The highest BCUT2D eigenvalue weighted by Crippen LogP contribution is 2.17. The number of carbonyl (C=O) groups excluding carboxylic acids is 2. The summed E-state index contributed by atoms with van der Waals surface area (Å²) < 4.78 is 14.9. The van der Waals surface area contributed by atoms with E-state index >= 15 is 0 Å². The Balaban J connectivity index is 2.74. The van der Waals surface area contributed by atoms with Crippen LogP contribution in [0.4, 0.5) is 4.79 Å². The molecule has 0 aromatic carbocycles. The fourth-order valence-corrected chi connectivity index (χ4v) is 1.43. The number of aromatic nitrogens is 1. The number of nitrogens with zero attached hydrogens (tertiary/aromatic N) is 1. The van der Waals surface area contributed by atoms with Crippen LogP contribution in [0.15, 0.2) is 10.7 Å². The SMILES string of the molecule is CC[C@@H](NC(=O)OC(C)(C)C)c1nc(C(=O)OC)co1. The smallest absolute Gasteiger partial charge is 0.408 e. The van der Waals surface area contributed by atoms with E-state index in [0.29, 0.717) is 6.42 Å². The van der Waals surface area contributed by atoms with Gasteiger partial charge in [-0.15, -0.1) is 0 Å². The van der Waals surface area contributed by atoms with Gasteiger partial charge in [0.2, 0.25) is 5.89 Å². The minimum absolute atomic E-state index is 0.0620. The van der Waals surface area contributed by atoms with Gasteiger partial charge in [0.05, 0.1) is 7.11 Å². The molecule has 0 saturated carbocycles. The molecule has 7 nitrogen and oxygen atoms in total. The molecule has 1 N–H and O–H groups in total. The average molecular weight is 284 g/mol. The fraction of sp³-hybridized carbons (Fsp3) is 0.615. The van der Waals surface area contributed by atoms with Gasteiger partial charge in [0.25, 0.3) is 0 Å². The van der Waals surface area contributed by atoms with Crippen LogP contribution in [-0.4, -0.2) is 29.8 Å². The molecule has 0 aliphatic carbocycles. The molecule has 0 fully saturated rings. The van der Waals surface area contributed by atoms with E-state index in [-0.39, 0.29) is 11.6 Å². The molecule has 0 saturated heterocycles. The van der Waals surface area contributed by atoms with E-state index in [9.17, 15) is 9.59 Å². The minimum atomic E-state index is -0.591. The van der Waals surface area contributed by atoms with Gasteiger partial charge < -0.3 is 19.2 Å². The number of esters is 1. The molecule has 1 amide bonds. The molecule has 0 radical (unpaired) electrons. The fourth-order valence-electron chi connectivity index (χ4n) is 1.43. The molecule has 1 aromatic heterocycles. The van der Waals surface area contributed by atoms with Crippen LogP contribution in [0.25, 0.3) is 0 Å². The Morgan fingerprint density at radius 2 is 2.10 bits per heavy atom. The first kappa shape index (κ1) is 16.0. The number of oxazole rings is 1. The van der Waals surface area contributed by atoms with Gasteiger partial charge in [-0.1, -0.05) is 6.92 Å². The molecule has 0 aliphatic heterocycles. The van der Waals surface area contributed by atoms with Crippen molar-refractivity contribution < 1.29 is 23.5 Å². The first-order valence-electron chi connectivity index (χ1n) is 6.30. The predicted octanol–water partition coefficient (Wildman–Crippen LogP) is 2.44. The number of ether oxygens (including phenoxy) is 2. The van der Waals surface area contributed by atoms with Crippen molar-refractivity contribution >= 4 is 12.1 Å². The molecule has 0 unspecified atom stereocenters. The van der Waals surface area contributed by atoms with E-state index in [4.69, 9.17) is 9.15 Å². The molecule has 7 heteroatoms. The summed E-state index contributed by atoms with van der Waals surface area (Å²) in [6.45, 7) is 7.17. The zero-order valence-corrected chi connectivity index (χ0v) is 12.4. The number of alkyl carbamates (subject to hydrolysis) is 1. The van der Waals surface area contributed by atoms with Crippen molar-refractivity contribution in [1.82, 2.24) is 10.3 Å². The summed E-state index contributed by atoms with van der Waals surface area (Å²) in [6, 6.07) is -0.469. The number of nitrogens with one attached hydrogen (secondary N) is 1. The van der Waals surface area contributed by atoms with Crippen molar-refractivity contribution in [2.45, 2.75) is 45.8 Å². The zero-order valence-electron chi connectivity index (χ0n) is 12.4. The molecule has 1 rings (SSSR count). The Morgan fingerprint density at radius 1 is 1.45 bits per heavy atom. The lowest BCUT2D eigenvalue weighted by atomic mass is 10.2. The molecule has 20 heavy (non-hydrogen) atoms. The van der Waals surface area contributed by atoms with E-state index in [2.05, 4.69) is 15.0 Å². The summed E-state index contributed by atoms with van der Waals surface area (Å²) in [5, 5.41) is 2.64. The van der Waals surface area contributed by atoms with Crippen LogP contribution in [0.5, 0.6) is 0 Å². The Labute approximate surface area is 117 Å². The zero-order chi connectivity index (χ0) is 15.3. The van der Waals surface area contributed by atoms with Gasteiger partial charge in [-0.25, -0.2) is 14.6 Å². The van der Waals surface area contributed by atoms with Crippen LogP contribution < -0.4 is 5.32 Å². The quantitative estimate of drug-likeness (QED) is 0.854. The largest absolute Gasteiger partial charge is 0.464 e. The van der Waals surface area contributed by atoms with Gasteiger partial charge in [-0.3, -0.25) is 0 Å². The molecule has 0 spiro atoms. The molecule has 112 valence electrons. The molecule has 0 aliphatic rings. The lowest BCUT2D eigenvalue weighted by Crippen LogP contribution is -2.35. The molecule has 1 heterocycles. The summed E-state index contributed by atoms with van der Waals surface area (Å²) in [4.78, 5) is 27.0. The second-order valence-electron chi connectivity index (χ2n) is 5.17. The highest BCUT2D eigenvalue weighted by Gasteiger charge is 2.23. The monoisotopic (exact) mass is 284 g/mol. The van der Waals surface area contributed by atoms with E-state index in [1.165, 1.54) is 13.4 Å². The lowest BCUT2D eigenvalue weighted by molar-refractivity contribution is 0.0493. The van der Waals surface area contributed by atoms with Gasteiger partial charge in [0.1, 0.15) is 17.9 Å². The van der Waals surface area contributed by atoms with E-state index in [1.54, 1.807) is 20.8 Å². The third-order valence-corrected chi connectivity index (χ3v) is 2.31. The Hall–Kier alpha value is -2.05. The lowest BCUT2D eigenvalue weighted by Gasteiger charge is -2.21. The van der Waals surface area contributed by atoms with Gasteiger partial charge in [-0.05, 0) is 27.2 Å². The predicted molar refractivity (Wildman–Crippen MR) is 70.2 cm³/mol. The van der Waals surface area contributed by atoms with Crippen molar-refractivity contribution in [2.24, 2.45) is 0 Å². The van der Waals surface area contributed by atoms with Crippen LogP contribution in [0.3, 0.4) is 0 Å². The summed E-state index contributed by atoms with van der Waals surface area (Å²) in [5.41, 5.74) is -0.525. The van der Waals surface area contributed by atoms with Crippen molar-refractivity contribution in [3.8, 4) is 0 Å². The van der Waals surface area contributed by atoms with Crippen LogP contribution in [0.1, 0.15) is 56.5 Å². The second-order valence-corrected chi connectivity index (χ2v) is 5.17. The molecule has 1 aromatic rings. The summed E-state index contributed by atoms with van der Waals surface area (Å²) >= 11 is 0. The Bertz CT molecular complexity index is 475. The van der Waals surface area contributed by atoms with Crippen molar-refractivity contribution in [2.75, 3.05) is 7.11 Å². The summed E-state index contributed by atoms with van der Waals surface area (Å²) in [5.74, 6) is -0.356. The highest BCUT2D eigenvalue weighted by atomic mass is 16.6. The molecular weight excluding hydrogens is 264 g/mol. The van der Waals surface area contributed by atoms with Crippen LogP contribution in [0, 0.1) is 0 Å². The van der Waals surface area contributed by atoms with E-state index in [0.717, 1.165) is 0 Å². The third kappa shape index (κ3) is 4.56. The Kier molecular flexibility index (Phi) is 5.12. The van der Waals surface area contributed by atoms with Crippen molar-refractivity contribution in [1.29, 1.82) is 0 Å². The third-order valence-electron chi connectivity index (χ3n) is 2.31. The minimum Gasteiger partial charge on any atom is -0.464 e. The number of hydrogen-bond donors (Lipinski definition) is 1. The first-order valence-corrected chi connectivity index (χ1v) is 6.30. The van der Waals surface area contributed by atoms with Crippen LogP contribution >= 0.6 is 0 Å². The molecular formula is C13H20N2O5. The first-order chi connectivity index (χ1) is 9.26. The topological polar surface area (TPSA) is 90.7 Å². The van der Waals surface area contributed by atoms with E-state index in [1.807, 2.05) is 6.92 Å². The van der Waals surface area contributed by atoms with Gasteiger partial charge in [0, 0.05) is 0 Å². The molecule has 1 atom stereocenters. The van der Waals surface area contributed by atoms with Gasteiger partial charge >= 0.3 is 12.1 Å². The van der Waals surface area contributed by atoms with Crippen molar-refractivity contribution in [3.63, 3.8) is 0 Å². The van der Waals surface area contributed by atoms with Gasteiger partial charge in [0.15, 0.2) is 5.69 Å². The second kappa shape index (κ2) is 6.40. The summed E-state index contributed by atoms with van der Waals surface area (Å²) in [6.07, 6.45) is 1.17. The van der Waals surface area contributed by atoms with Crippen molar-refractivity contribution in [3.05, 3.63) is 17.8 Å².